The first-order valence-electron chi connectivity index (χ1n) is 10.7. The number of Topliss-reactive ketones (excluding diaryl/α,β-unsaturated/α-hetero) is 1. The molecular weight excluding hydrogens is 364 g/mol. The number of carbonyl (C=O) groups excluding carboxylic acids is 2. The summed E-state index contributed by atoms with van der Waals surface area (Å²) in [6.45, 7) is 6.62. The Bertz CT molecular complexity index is 1050. The van der Waals surface area contributed by atoms with Gasteiger partial charge in [-0.1, -0.05) is 18.2 Å². The molecule has 0 unspecified atom stereocenters. The maximum atomic E-state index is 13.3. The Morgan fingerprint density at radius 2 is 1.90 bits per heavy atom. The highest BCUT2D eigenvalue weighted by molar-refractivity contribution is 5.97. The Morgan fingerprint density at radius 3 is 2.69 bits per heavy atom. The van der Waals surface area contributed by atoms with Gasteiger partial charge in [-0.3, -0.25) is 4.79 Å². The first-order valence-corrected chi connectivity index (χ1v) is 10.7. The van der Waals surface area contributed by atoms with Gasteiger partial charge in [-0.05, 0) is 64.5 Å². The quantitative estimate of drug-likeness (QED) is 0.624. The third-order valence-corrected chi connectivity index (χ3v) is 6.41. The summed E-state index contributed by atoms with van der Waals surface area (Å²) in [6, 6.07) is 8.27. The van der Waals surface area contributed by atoms with Crippen molar-refractivity contribution in [3.05, 3.63) is 46.8 Å². The highest BCUT2D eigenvalue weighted by atomic mass is 16.6. The van der Waals surface area contributed by atoms with Crippen molar-refractivity contribution in [2.75, 3.05) is 6.54 Å². The van der Waals surface area contributed by atoms with E-state index in [9.17, 15) is 9.59 Å². The van der Waals surface area contributed by atoms with Crippen LogP contribution in [-0.4, -0.2) is 33.5 Å². The summed E-state index contributed by atoms with van der Waals surface area (Å²) < 4.78 is 7.61. The smallest absolute Gasteiger partial charge is 0.419 e. The minimum Gasteiger partial charge on any atom is -0.443 e. The van der Waals surface area contributed by atoms with Gasteiger partial charge < -0.3 is 9.64 Å². The second kappa shape index (κ2) is 6.48. The SMILES string of the molecule is CC(C)(C)OC(=O)n1c2c(c3ccccc31)CCN1C3=C(CC[C@H]21)C(=O)CCC3. The average Bonchev–Trinajstić information content (AvgIpc) is 3.01. The Hall–Kier alpha value is -2.56. The van der Waals surface area contributed by atoms with Crippen LogP contribution >= 0.6 is 0 Å². The molecule has 3 aliphatic rings. The van der Waals surface area contributed by atoms with Gasteiger partial charge in [0, 0.05) is 29.6 Å². The van der Waals surface area contributed by atoms with Crippen LogP contribution in [0.25, 0.3) is 10.9 Å². The Balaban J connectivity index is 1.67. The van der Waals surface area contributed by atoms with Crippen molar-refractivity contribution in [2.24, 2.45) is 0 Å². The van der Waals surface area contributed by atoms with Crippen LogP contribution in [0.2, 0.25) is 0 Å². The summed E-state index contributed by atoms with van der Waals surface area (Å²) in [6.07, 6.45) is 4.84. The van der Waals surface area contributed by atoms with Crippen LogP contribution < -0.4 is 0 Å². The number of rotatable bonds is 0. The van der Waals surface area contributed by atoms with Gasteiger partial charge in [-0.2, -0.15) is 0 Å². The summed E-state index contributed by atoms with van der Waals surface area (Å²) >= 11 is 0. The van der Waals surface area contributed by atoms with Crippen LogP contribution in [0.3, 0.4) is 0 Å². The van der Waals surface area contributed by atoms with Gasteiger partial charge in [0.2, 0.25) is 0 Å². The summed E-state index contributed by atoms with van der Waals surface area (Å²) in [5.41, 5.74) is 4.96. The Morgan fingerprint density at radius 1 is 1.10 bits per heavy atom. The minimum atomic E-state index is -0.554. The maximum absolute atomic E-state index is 13.3. The standard InChI is InChI=1S/C24H28N2O3/c1-24(2,3)29-23(28)26-19-8-5-4-7-15(19)16-13-14-25-18-9-6-10-21(27)17(18)11-12-20(25)22(16)26/h4-5,7-8,20H,6,9-14H2,1-3H3/t20-/m1/s1. The molecule has 0 saturated heterocycles. The third kappa shape index (κ3) is 2.90. The number of hydrogen-bond donors (Lipinski definition) is 0. The molecule has 5 nitrogen and oxygen atoms in total. The van der Waals surface area contributed by atoms with E-state index < -0.39 is 5.60 Å². The Kier molecular flexibility index (Phi) is 4.12. The van der Waals surface area contributed by atoms with Crippen molar-refractivity contribution in [1.29, 1.82) is 0 Å². The molecule has 29 heavy (non-hydrogen) atoms. The van der Waals surface area contributed by atoms with Gasteiger partial charge >= 0.3 is 6.09 Å². The van der Waals surface area contributed by atoms with Crippen LogP contribution in [0.5, 0.6) is 0 Å². The van der Waals surface area contributed by atoms with Crippen LogP contribution in [0.4, 0.5) is 4.79 Å². The van der Waals surface area contributed by atoms with Crippen LogP contribution in [-0.2, 0) is 16.0 Å². The van der Waals surface area contributed by atoms with Crippen LogP contribution in [0, 0.1) is 0 Å². The van der Waals surface area contributed by atoms with Crippen molar-refractivity contribution in [3.63, 3.8) is 0 Å². The molecule has 0 spiro atoms. The fraction of sp³-hybridized carbons (Fsp3) is 0.500. The topological polar surface area (TPSA) is 51.5 Å². The van der Waals surface area contributed by atoms with Crippen molar-refractivity contribution in [1.82, 2.24) is 9.47 Å². The van der Waals surface area contributed by atoms with E-state index in [0.29, 0.717) is 12.2 Å². The van der Waals surface area contributed by atoms with Crippen molar-refractivity contribution in [2.45, 2.75) is 70.9 Å². The predicted molar refractivity (Wildman–Crippen MR) is 112 cm³/mol. The lowest BCUT2D eigenvalue weighted by molar-refractivity contribution is -0.116. The molecule has 3 heterocycles. The van der Waals surface area contributed by atoms with Gasteiger partial charge in [0.15, 0.2) is 5.78 Å². The van der Waals surface area contributed by atoms with E-state index in [4.69, 9.17) is 4.74 Å². The number of nitrogens with zero attached hydrogens (tertiary/aromatic N) is 2. The number of fused-ring (bicyclic) bond motifs is 6. The Labute approximate surface area is 171 Å². The molecule has 0 amide bonds. The molecule has 0 N–H and O–H groups in total. The average molecular weight is 392 g/mol. The molecular formula is C24H28N2O3. The second-order valence-corrected chi connectivity index (χ2v) is 9.40. The monoisotopic (exact) mass is 392 g/mol. The van der Waals surface area contributed by atoms with E-state index in [-0.39, 0.29) is 12.1 Å². The van der Waals surface area contributed by atoms with Gasteiger partial charge in [0.25, 0.3) is 0 Å². The fourth-order valence-corrected chi connectivity index (χ4v) is 5.36. The highest BCUT2D eigenvalue weighted by Gasteiger charge is 2.40. The van der Waals surface area contributed by atoms with E-state index in [1.807, 2.05) is 43.5 Å². The molecule has 0 radical (unpaired) electrons. The maximum Gasteiger partial charge on any atom is 0.419 e. The number of benzene rings is 1. The molecule has 0 fully saturated rings. The molecule has 2 aliphatic heterocycles. The summed E-state index contributed by atoms with van der Waals surface area (Å²) in [4.78, 5) is 28.1. The molecule has 1 aliphatic carbocycles. The lowest BCUT2D eigenvalue weighted by Crippen LogP contribution is -2.41. The van der Waals surface area contributed by atoms with E-state index in [2.05, 4.69) is 11.0 Å². The number of hydrogen-bond acceptors (Lipinski definition) is 4. The largest absolute Gasteiger partial charge is 0.443 e. The number of aromatic nitrogens is 1. The summed E-state index contributed by atoms with van der Waals surface area (Å²) in [5.74, 6) is 0.322. The predicted octanol–water partition coefficient (Wildman–Crippen LogP) is 5.12. The molecule has 1 aromatic heterocycles. The number of ketones is 1. The highest BCUT2D eigenvalue weighted by Crippen LogP contribution is 2.47. The molecule has 0 bridgehead atoms. The minimum absolute atomic E-state index is 0.128. The van der Waals surface area contributed by atoms with Crippen molar-refractivity contribution < 1.29 is 14.3 Å². The molecule has 5 rings (SSSR count). The first kappa shape index (κ1) is 18.5. The van der Waals surface area contributed by atoms with Gasteiger partial charge in [0.05, 0.1) is 17.3 Å². The number of para-hydroxylation sites is 1. The van der Waals surface area contributed by atoms with Crippen LogP contribution in [0.1, 0.15) is 70.2 Å². The van der Waals surface area contributed by atoms with Crippen molar-refractivity contribution in [3.8, 4) is 0 Å². The number of ether oxygens (including phenoxy) is 1. The van der Waals surface area contributed by atoms with Gasteiger partial charge in [-0.25, -0.2) is 9.36 Å². The van der Waals surface area contributed by atoms with E-state index in [1.54, 1.807) is 0 Å². The molecule has 5 heteroatoms. The molecule has 152 valence electrons. The first-order chi connectivity index (χ1) is 13.8. The van der Waals surface area contributed by atoms with Gasteiger partial charge in [-0.15, -0.1) is 0 Å². The third-order valence-electron chi connectivity index (χ3n) is 6.41. The molecule has 1 atom stereocenters. The second-order valence-electron chi connectivity index (χ2n) is 9.40. The molecule has 1 aromatic carbocycles. The number of carbonyl (C=O) groups is 2. The molecule has 2 aromatic rings. The zero-order valence-corrected chi connectivity index (χ0v) is 17.5. The van der Waals surface area contributed by atoms with Gasteiger partial charge in [0.1, 0.15) is 5.60 Å². The number of allylic oxidation sites excluding steroid dienone is 2. The molecule has 0 saturated carbocycles. The fourth-order valence-electron chi connectivity index (χ4n) is 5.36. The van der Waals surface area contributed by atoms with E-state index in [0.717, 1.165) is 60.8 Å². The van der Waals surface area contributed by atoms with Crippen LogP contribution in [0.15, 0.2) is 35.5 Å². The van der Waals surface area contributed by atoms with Crippen molar-refractivity contribution >= 4 is 22.8 Å². The van der Waals surface area contributed by atoms with E-state index >= 15 is 0 Å². The summed E-state index contributed by atoms with van der Waals surface area (Å²) in [5, 5.41) is 1.15. The normalized spacial score (nSPS) is 21.7. The lowest BCUT2D eigenvalue weighted by atomic mass is 9.82. The zero-order valence-electron chi connectivity index (χ0n) is 17.5. The van der Waals surface area contributed by atoms with E-state index in [1.165, 1.54) is 11.3 Å². The summed E-state index contributed by atoms with van der Waals surface area (Å²) in [7, 11) is 0. The lowest BCUT2D eigenvalue weighted by Gasteiger charge is -2.45. The zero-order chi connectivity index (χ0) is 20.3.